The first-order valence-corrected chi connectivity index (χ1v) is 12.3. The average molecular weight is 487 g/mol. The number of benzene rings is 1. The molecule has 3 saturated carbocycles. The molecular formula is C26H29F3N4O2. The minimum Gasteiger partial charge on any atom is -0.381 e. The van der Waals surface area contributed by atoms with Gasteiger partial charge in [-0.15, -0.1) is 0 Å². The van der Waals surface area contributed by atoms with Gasteiger partial charge in [0.1, 0.15) is 5.82 Å². The lowest BCUT2D eigenvalue weighted by Gasteiger charge is -2.20. The molecule has 1 aromatic heterocycles. The molecule has 35 heavy (non-hydrogen) atoms. The van der Waals surface area contributed by atoms with Gasteiger partial charge in [0.25, 0.3) is 17.9 Å². The number of rotatable bonds is 7. The highest BCUT2D eigenvalue weighted by Gasteiger charge is 2.64. The van der Waals surface area contributed by atoms with E-state index in [0.717, 1.165) is 38.4 Å². The van der Waals surface area contributed by atoms with Crippen LogP contribution in [0.5, 0.6) is 0 Å². The average Bonchev–Trinajstić information content (AvgIpc) is 3.76. The van der Waals surface area contributed by atoms with Gasteiger partial charge >= 0.3 is 0 Å². The molecule has 2 aromatic rings. The number of amides is 1. The van der Waals surface area contributed by atoms with Crippen molar-refractivity contribution in [3.05, 3.63) is 63.3 Å². The van der Waals surface area contributed by atoms with E-state index in [2.05, 4.69) is 22.6 Å². The van der Waals surface area contributed by atoms with Crippen LogP contribution in [0.2, 0.25) is 0 Å². The minimum absolute atomic E-state index is 0.00197. The Hall–Kier alpha value is -2.81. The zero-order valence-electron chi connectivity index (χ0n) is 19.7. The predicted octanol–water partition coefficient (Wildman–Crippen LogP) is 4.11. The van der Waals surface area contributed by atoms with E-state index in [9.17, 15) is 22.8 Å². The Morgan fingerprint density at radius 3 is 2.49 bits per heavy atom. The van der Waals surface area contributed by atoms with Crippen molar-refractivity contribution in [3.8, 4) is 0 Å². The first-order chi connectivity index (χ1) is 16.7. The summed E-state index contributed by atoms with van der Waals surface area (Å²) in [6.45, 7) is 3.51. The third kappa shape index (κ3) is 3.84. The summed E-state index contributed by atoms with van der Waals surface area (Å²) in [5.41, 5.74) is 0.195. The van der Waals surface area contributed by atoms with Crippen LogP contribution < -0.4 is 16.2 Å². The smallest absolute Gasteiger partial charge is 0.266 e. The summed E-state index contributed by atoms with van der Waals surface area (Å²) in [5.74, 6) is -0.505. The number of carbonyl (C=O) groups is 1. The molecule has 4 aliphatic rings. The standard InChI is InChI=1S/C26H29F3N4O2/c1-13(14-4-3-5-15(22(14)27)24(28)29)30-25(35)18-12-33(20-9-26(20)6-7-26)21(34)8-19(18)31-23-16-10-32(2)11-17(16)23/h3-5,8,12-13,16-17,20,23-24,31H,6-7,9-11H2,1-2H3,(H,30,35)/t13-,16-,17+,20+,23-/m1/s1. The summed E-state index contributed by atoms with van der Waals surface area (Å²) in [6, 6.07) is 4.80. The number of likely N-dealkylation sites (tertiary alicyclic amines) is 1. The molecule has 6 nitrogen and oxygen atoms in total. The number of fused-ring (bicyclic) bond motifs is 1. The van der Waals surface area contributed by atoms with Gasteiger partial charge in [0.15, 0.2) is 0 Å². The summed E-state index contributed by atoms with van der Waals surface area (Å²) in [4.78, 5) is 28.7. The fourth-order valence-electron chi connectivity index (χ4n) is 6.06. The lowest BCUT2D eigenvalue weighted by atomic mass is 10.0. The second-order valence-corrected chi connectivity index (χ2v) is 10.9. The fourth-order valence-corrected chi connectivity index (χ4v) is 6.06. The molecule has 2 N–H and O–H groups in total. The Balaban J connectivity index is 1.28. The molecule has 3 aliphatic carbocycles. The van der Waals surface area contributed by atoms with Gasteiger partial charge in [-0.2, -0.15) is 0 Å². The number of anilines is 1. The highest BCUT2D eigenvalue weighted by molar-refractivity contribution is 5.99. The number of nitrogens with one attached hydrogen (secondary N) is 2. The van der Waals surface area contributed by atoms with Gasteiger partial charge in [0.05, 0.1) is 22.9 Å². The molecule has 1 spiro atoms. The molecule has 1 aliphatic heterocycles. The number of halogens is 3. The number of nitrogens with zero attached hydrogens (tertiary/aromatic N) is 2. The van der Waals surface area contributed by atoms with Gasteiger partial charge in [0.2, 0.25) is 0 Å². The Morgan fingerprint density at radius 2 is 1.86 bits per heavy atom. The number of hydrogen-bond donors (Lipinski definition) is 2. The van der Waals surface area contributed by atoms with Crippen LogP contribution in [0.25, 0.3) is 0 Å². The van der Waals surface area contributed by atoms with Crippen LogP contribution in [0.3, 0.4) is 0 Å². The number of pyridine rings is 1. The first kappa shape index (κ1) is 22.6. The van der Waals surface area contributed by atoms with E-state index in [1.165, 1.54) is 18.2 Å². The third-order valence-corrected chi connectivity index (χ3v) is 8.51. The first-order valence-electron chi connectivity index (χ1n) is 12.3. The van der Waals surface area contributed by atoms with Crippen molar-refractivity contribution in [3.63, 3.8) is 0 Å². The van der Waals surface area contributed by atoms with Crippen molar-refractivity contribution in [2.75, 3.05) is 25.5 Å². The maximum Gasteiger partial charge on any atom is 0.266 e. The van der Waals surface area contributed by atoms with Crippen molar-refractivity contribution >= 4 is 11.6 Å². The van der Waals surface area contributed by atoms with Gasteiger partial charge in [-0.1, -0.05) is 18.2 Å². The zero-order chi connectivity index (χ0) is 24.6. The Kier molecular flexibility index (Phi) is 5.08. The molecule has 5 atom stereocenters. The van der Waals surface area contributed by atoms with E-state index in [1.54, 1.807) is 17.7 Å². The van der Waals surface area contributed by atoms with Crippen LogP contribution in [0.4, 0.5) is 18.9 Å². The lowest BCUT2D eigenvalue weighted by molar-refractivity contribution is 0.0939. The molecule has 1 saturated heterocycles. The van der Waals surface area contributed by atoms with E-state index in [1.807, 2.05) is 0 Å². The maximum atomic E-state index is 14.7. The van der Waals surface area contributed by atoms with Gasteiger partial charge in [-0.3, -0.25) is 9.59 Å². The minimum atomic E-state index is -2.94. The van der Waals surface area contributed by atoms with Crippen molar-refractivity contribution in [1.29, 1.82) is 0 Å². The fraction of sp³-hybridized carbons (Fsp3) is 0.538. The van der Waals surface area contributed by atoms with Gasteiger partial charge in [-0.25, -0.2) is 13.2 Å². The van der Waals surface area contributed by atoms with Crippen molar-refractivity contribution in [1.82, 2.24) is 14.8 Å². The van der Waals surface area contributed by atoms with E-state index >= 15 is 0 Å². The van der Waals surface area contributed by atoms with E-state index < -0.39 is 29.8 Å². The molecule has 6 rings (SSSR count). The quantitative estimate of drug-likeness (QED) is 0.618. The number of carbonyl (C=O) groups excluding carboxylic acids is 1. The summed E-state index contributed by atoms with van der Waals surface area (Å²) < 4.78 is 42.7. The van der Waals surface area contributed by atoms with E-state index in [4.69, 9.17) is 0 Å². The lowest BCUT2D eigenvalue weighted by Crippen LogP contribution is -2.32. The van der Waals surface area contributed by atoms with Gasteiger partial charge in [-0.05, 0) is 50.5 Å². The second kappa shape index (κ2) is 7.85. The van der Waals surface area contributed by atoms with E-state index in [0.29, 0.717) is 23.1 Å². The van der Waals surface area contributed by atoms with Crippen LogP contribution in [-0.4, -0.2) is 41.6 Å². The number of hydrogen-bond acceptors (Lipinski definition) is 4. The largest absolute Gasteiger partial charge is 0.381 e. The zero-order valence-corrected chi connectivity index (χ0v) is 19.7. The summed E-state index contributed by atoms with van der Waals surface area (Å²) >= 11 is 0. The predicted molar refractivity (Wildman–Crippen MR) is 125 cm³/mol. The van der Waals surface area contributed by atoms with Gasteiger partial charge in [0, 0.05) is 43.0 Å². The summed E-state index contributed by atoms with van der Waals surface area (Å²) in [7, 11) is 2.08. The monoisotopic (exact) mass is 486 g/mol. The number of piperidine rings is 1. The second-order valence-electron chi connectivity index (χ2n) is 10.9. The Labute approximate surface area is 201 Å². The molecule has 1 amide bonds. The molecule has 4 fully saturated rings. The highest BCUT2D eigenvalue weighted by atomic mass is 19.3. The van der Waals surface area contributed by atoms with Crippen LogP contribution >= 0.6 is 0 Å². The van der Waals surface area contributed by atoms with E-state index in [-0.39, 0.29) is 28.6 Å². The van der Waals surface area contributed by atoms with Crippen molar-refractivity contribution in [2.24, 2.45) is 17.3 Å². The Bertz CT molecular complexity index is 1250. The molecule has 0 unspecified atom stereocenters. The third-order valence-electron chi connectivity index (χ3n) is 8.51. The molecule has 2 heterocycles. The van der Waals surface area contributed by atoms with Crippen molar-refractivity contribution < 1.29 is 18.0 Å². The Morgan fingerprint density at radius 1 is 1.17 bits per heavy atom. The normalized spacial score (nSPS) is 28.6. The topological polar surface area (TPSA) is 66.4 Å². The highest BCUT2D eigenvalue weighted by Crippen LogP contribution is 2.72. The maximum absolute atomic E-state index is 14.7. The van der Waals surface area contributed by atoms with Crippen molar-refractivity contribution in [2.45, 2.75) is 50.7 Å². The van der Waals surface area contributed by atoms with Crippen LogP contribution in [0, 0.1) is 23.1 Å². The van der Waals surface area contributed by atoms with Gasteiger partial charge < -0.3 is 20.1 Å². The molecular weight excluding hydrogens is 457 g/mol. The number of alkyl halides is 2. The molecule has 186 valence electrons. The van der Waals surface area contributed by atoms with Crippen LogP contribution in [0.1, 0.15) is 66.2 Å². The molecule has 1 aromatic carbocycles. The molecule has 9 heteroatoms. The SMILES string of the molecule is C[C@@H](NC(=O)c1cn([C@H]2CC23CC3)c(=O)cc1N[C@@H]1[C@@H]2CN(C)C[C@@H]21)c1cccc(C(F)F)c1F. The number of aromatic nitrogens is 1. The molecule has 0 radical (unpaired) electrons. The van der Waals surface area contributed by atoms with Crippen LogP contribution in [-0.2, 0) is 0 Å². The summed E-state index contributed by atoms with van der Waals surface area (Å²) in [5, 5.41) is 6.19. The molecule has 0 bridgehead atoms. The summed E-state index contributed by atoms with van der Waals surface area (Å²) in [6.07, 6.45) is 1.83. The van der Waals surface area contributed by atoms with Crippen LogP contribution in [0.15, 0.2) is 35.3 Å².